The van der Waals surface area contributed by atoms with Crippen molar-refractivity contribution in [1.82, 2.24) is 24.7 Å². The number of nitrogens with zero attached hydrogens (tertiary/aromatic N) is 5. The fraction of sp³-hybridized carbons (Fsp3) is 0.429. The number of carbonyl (C=O) groups excluding carboxylic acids is 1. The van der Waals surface area contributed by atoms with Crippen LogP contribution in [0.5, 0.6) is 0 Å². The molecule has 2 fully saturated rings. The lowest BCUT2D eigenvalue weighted by Crippen LogP contribution is -2.38. The molecule has 5 heterocycles. The lowest BCUT2D eigenvalue weighted by Gasteiger charge is -2.25. The zero-order chi connectivity index (χ0) is 19.6. The zero-order valence-electron chi connectivity index (χ0n) is 16.3. The summed E-state index contributed by atoms with van der Waals surface area (Å²) in [5, 5.41) is 6.95. The number of fused-ring (bicyclic) bond motifs is 1. The van der Waals surface area contributed by atoms with Crippen LogP contribution in [0.4, 0.5) is 11.6 Å². The Labute approximate surface area is 169 Å². The van der Waals surface area contributed by atoms with Crippen LogP contribution in [0.3, 0.4) is 0 Å². The van der Waals surface area contributed by atoms with Gasteiger partial charge in [-0.3, -0.25) is 14.1 Å². The average Bonchev–Trinajstić information content (AvgIpc) is 3.18. The monoisotopic (exact) mass is 391 g/mol. The van der Waals surface area contributed by atoms with E-state index in [2.05, 4.69) is 20.6 Å². The third-order valence-electron chi connectivity index (χ3n) is 5.64. The number of piperidine rings is 2. The third kappa shape index (κ3) is 3.67. The van der Waals surface area contributed by atoms with Crippen LogP contribution in [0.15, 0.2) is 36.8 Å². The lowest BCUT2D eigenvalue weighted by molar-refractivity contribution is -0.119. The quantitative estimate of drug-likeness (QED) is 0.710. The number of anilines is 2. The van der Waals surface area contributed by atoms with Crippen molar-refractivity contribution in [3.8, 4) is 11.4 Å². The second-order valence-electron chi connectivity index (χ2n) is 7.72. The van der Waals surface area contributed by atoms with Crippen LogP contribution in [0.25, 0.3) is 17.0 Å². The summed E-state index contributed by atoms with van der Waals surface area (Å²) in [4.78, 5) is 27.8. The zero-order valence-corrected chi connectivity index (χ0v) is 16.3. The number of rotatable bonds is 4. The molecule has 0 spiro atoms. The number of carbonyl (C=O) groups is 1. The number of amides is 1. The fourth-order valence-corrected chi connectivity index (χ4v) is 4.10. The van der Waals surface area contributed by atoms with E-state index in [-0.39, 0.29) is 5.91 Å². The van der Waals surface area contributed by atoms with Crippen molar-refractivity contribution in [3.05, 3.63) is 36.8 Å². The molecule has 2 N–H and O–H groups in total. The molecule has 0 aliphatic carbocycles. The largest absolute Gasteiger partial charge is 0.366 e. The van der Waals surface area contributed by atoms with Gasteiger partial charge < -0.3 is 10.6 Å². The molecule has 2 saturated heterocycles. The van der Waals surface area contributed by atoms with E-state index >= 15 is 0 Å². The van der Waals surface area contributed by atoms with Crippen LogP contribution < -0.4 is 15.5 Å². The molecule has 3 aromatic heterocycles. The molecule has 2 aliphatic rings. The van der Waals surface area contributed by atoms with Gasteiger partial charge in [-0.15, -0.1) is 0 Å². The van der Waals surface area contributed by atoms with Crippen molar-refractivity contribution in [2.75, 3.05) is 29.9 Å². The van der Waals surface area contributed by atoms with Gasteiger partial charge in [0, 0.05) is 25.6 Å². The summed E-state index contributed by atoms with van der Waals surface area (Å²) in [7, 11) is 0. The first-order valence-corrected chi connectivity index (χ1v) is 10.4. The van der Waals surface area contributed by atoms with E-state index in [1.807, 2.05) is 35.0 Å². The summed E-state index contributed by atoms with van der Waals surface area (Å²) in [5.74, 6) is 1.67. The standard InChI is InChI=1S/C21H25N7O/c29-21-8-1-2-10-27(21)20-14-28-17(12-23-19(28)13-24-20)16-6-3-7-18(26-16)25-15-5-4-9-22-11-15/h3,6-7,12-15,22H,1-2,4-5,8-11H2,(H,25,26). The Morgan fingerprint density at radius 1 is 1.14 bits per heavy atom. The molecular formula is C21H25N7O. The second kappa shape index (κ2) is 7.79. The molecule has 1 atom stereocenters. The minimum absolute atomic E-state index is 0.134. The molecular weight excluding hydrogens is 366 g/mol. The summed E-state index contributed by atoms with van der Waals surface area (Å²) in [6.45, 7) is 2.76. The molecule has 8 nitrogen and oxygen atoms in total. The summed E-state index contributed by atoms with van der Waals surface area (Å²) < 4.78 is 1.97. The van der Waals surface area contributed by atoms with Gasteiger partial charge in [0.05, 0.1) is 30.0 Å². The number of aromatic nitrogens is 4. The molecule has 0 saturated carbocycles. The summed E-state index contributed by atoms with van der Waals surface area (Å²) in [5.41, 5.74) is 2.47. The Hall–Kier alpha value is -3.00. The number of nitrogens with one attached hydrogen (secondary N) is 2. The number of pyridine rings is 1. The number of hydrogen-bond donors (Lipinski definition) is 2. The highest BCUT2D eigenvalue weighted by Crippen LogP contribution is 2.24. The van der Waals surface area contributed by atoms with Crippen LogP contribution in [0, 0.1) is 0 Å². The van der Waals surface area contributed by atoms with Crippen LogP contribution in [0.1, 0.15) is 32.1 Å². The second-order valence-corrected chi connectivity index (χ2v) is 7.72. The molecule has 3 aromatic rings. The van der Waals surface area contributed by atoms with Gasteiger partial charge in [-0.1, -0.05) is 6.07 Å². The predicted octanol–water partition coefficient (Wildman–Crippen LogP) is 2.47. The van der Waals surface area contributed by atoms with Gasteiger partial charge in [0.2, 0.25) is 5.91 Å². The van der Waals surface area contributed by atoms with E-state index in [4.69, 9.17) is 4.98 Å². The Bertz CT molecular complexity index is 1020. The van der Waals surface area contributed by atoms with Crippen molar-refractivity contribution in [3.63, 3.8) is 0 Å². The van der Waals surface area contributed by atoms with Gasteiger partial charge in [0.25, 0.3) is 0 Å². The molecule has 2 aliphatic heterocycles. The SMILES string of the molecule is O=C1CCCCN1c1cn2c(-c3cccc(NC4CCCNC4)n3)cnc2cn1. The molecule has 0 radical (unpaired) electrons. The van der Waals surface area contributed by atoms with Gasteiger partial charge in [0.15, 0.2) is 11.5 Å². The van der Waals surface area contributed by atoms with Crippen molar-refractivity contribution < 1.29 is 4.79 Å². The summed E-state index contributed by atoms with van der Waals surface area (Å²) in [6.07, 6.45) is 10.3. The smallest absolute Gasteiger partial charge is 0.228 e. The molecule has 0 aromatic carbocycles. The fourth-order valence-electron chi connectivity index (χ4n) is 4.10. The van der Waals surface area contributed by atoms with Crippen molar-refractivity contribution >= 4 is 23.2 Å². The Balaban J connectivity index is 1.46. The van der Waals surface area contributed by atoms with E-state index in [0.29, 0.717) is 24.8 Å². The average molecular weight is 391 g/mol. The maximum atomic E-state index is 12.3. The normalized spacial score (nSPS) is 20.2. The molecule has 5 rings (SSSR count). The highest BCUT2D eigenvalue weighted by molar-refractivity contribution is 5.93. The number of hydrogen-bond acceptors (Lipinski definition) is 6. The first-order chi connectivity index (χ1) is 14.3. The van der Waals surface area contributed by atoms with Crippen LogP contribution in [0.2, 0.25) is 0 Å². The first kappa shape index (κ1) is 18.1. The molecule has 1 unspecified atom stereocenters. The topological polar surface area (TPSA) is 87.5 Å². The maximum Gasteiger partial charge on any atom is 0.228 e. The van der Waals surface area contributed by atoms with E-state index in [0.717, 1.165) is 55.2 Å². The van der Waals surface area contributed by atoms with Crippen LogP contribution >= 0.6 is 0 Å². The maximum absolute atomic E-state index is 12.3. The predicted molar refractivity (Wildman–Crippen MR) is 112 cm³/mol. The lowest BCUT2D eigenvalue weighted by atomic mass is 10.1. The van der Waals surface area contributed by atoms with Gasteiger partial charge in [-0.2, -0.15) is 0 Å². The summed E-state index contributed by atoms with van der Waals surface area (Å²) in [6, 6.07) is 6.39. The Morgan fingerprint density at radius 2 is 2.10 bits per heavy atom. The molecule has 29 heavy (non-hydrogen) atoms. The van der Waals surface area contributed by atoms with Gasteiger partial charge in [-0.25, -0.2) is 15.0 Å². The Morgan fingerprint density at radius 3 is 2.97 bits per heavy atom. The minimum atomic E-state index is 0.134. The highest BCUT2D eigenvalue weighted by Gasteiger charge is 2.22. The molecule has 8 heteroatoms. The van der Waals surface area contributed by atoms with Crippen molar-refractivity contribution in [1.29, 1.82) is 0 Å². The molecule has 0 bridgehead atoms. The van der Waals surface area contributed by atoms with E-state index in [1.165, 1.54) is 6.42 Å². The minimum Gasteiger partial charge on any atom is -0.366 e. The van der Waals surface area contributed by atoms with E-state index in [9.17, 15) is 4.79 Å². The third-order valence-corrected chi connectivity index (χ3v) is 5.64. The molecule has 150 valence electrons. The number of imidazole rings is 1. The van der Waals surface area contributed by atoms with Crippen molar-refractivity contribution in [2.45, 2.75) is 38.1 Å². The Kier molecular flexibility index (Phi) is 4.85. The summed E-state index contributed by atoms with van der Waals surface area (Å²) >= 11 is 0. The van der Waals surface area contributed by atoms with Gasteiger partial charge in [0.1, 0.15) is 5.82 Å². The van der Waals surface area contributed by atoms with E-state index in [1.54, 1.807) is 11.1 Å². The van der Waals surface area contributed by atoms with Gasteiger partial charge in [-0.05, 0) is 44.4 Å². The molecule has 1 amide bonds. The van der Waals surface area contributed by atoms with Crippen LogP contribution in [-0.4, -0.2) is 50.9 Å². The van der Waals surface area contributed by atoms with Gasteiger partial charge >= 0.3 is 0 Å². The van der Waals surface area contributed by atoms with Crippen LogP contribution in [-0.2, 0) is 4.79 Å². The first-order valence-electron chi connectivity index (χ1n) is 10.4. The van der Waals surface area contributed by atoms with E-state index < -0.39 is 0 Å². The highest BCUT2D eigenvalue weighted by atomic mass is 16.2. The van der Waals surface area contributed by atoms with Crippen molar-refractivity contribution in [2.24, 2.45) is 0 Å².